The Morgan fingerprint density at radius 1 is 0.964 bits per heavy atom. The van der Waals surface area contributed by atoms with Gasteiger partial charge in [0, 0.05) is 6.07 Å². The standard InChI is InChI=1S/C19H24N2O7/c1-6-25-18(22)27-16-12(3)20-13(4)17(28-19(23)26-7-2)21(16)14-9-8-10-15(11-14)24-5/h8-11,20H,6-7H2,1-5H3. The molecule has 0 bridgehead atoms. The van der Waals surface area contributed by atoms with Crippen LogP contribution in [0.5, 0.6) is 5.75 Å². The Morgan fingerprint density at radius 3 is 1.96 bits per heavy atom. The summed E-state index contributed by atoms with van der Waals surface area (Å²) in [7, 11) is 1.53. The fourth-order valence-electron chi connectivity index (χ4n) is 2.50. The van der Waals surface area contributed by atoms with Gasteiger partial charge in [0.15, 0.2) is 0 Å². The highest BCUT2D eigenvalue weighted by Crippen LogP contribution is 2.34. The molecule has 152 valence electrons. The van der Waals surface area contributed by atoms with Gasteiger partial charge in [-0.25, -0.2) is 14.5 Å². The van der Waals surface area contributed by atoms with Gasteiger partial charge in [0.05, 0.1) is 37.4 Å². The number of allylic oxidation sites excluding steroid dienone is 2. The van der Waals surface area contributed by atoms with Crippen LogP contribution in [0, 0.1) is 0 Å². The van der Waals surface area contributed by atoms with E-state index in [0.717, 1.165) is 0 Å². The van der Waals surface area contributed by atoms with Gasteiger partial charge in [-0.1, -0.05) is 6.07 Å². The Kier molecular flexibility index (Phi) is 7.14. The lowest BCUT2D eigenvalue weighted by Crippen LogP contribution is -2.37. The normalized spacial score (nSPS) is 13.7. The first-order valence-electron chi connectivity index (χ1n) is 8.73. The van der Waals surface area contributed by atoms with E-state index in [-0.39, 0.29) is 25.0 Å². The summed E-state index contributed by atoms with van der Waals surface area (Å²) >= 11 is 0. The van der Waals surface area contributed by atoms with Crippen LogP contribution in [0.1, 0.15) is 27.7 Å². The molecule has 0 radical (unpaired) electrons. The molecule has 0 amide bonds. The molecule has 1 aliphatic rings. The second-order valence-corrected chi connectivity index (χ2v) is 5.59. The zero-order valence-corrected chi connectivity index (χ0v) is 16.5. The molecule has 9 heteroatoms. The van der Waals surface area contributed by atoms with E-state index >= 15 is 0 Å². The molecule has 0 saturated heterocycles. The Bertz CT molecular complexity index is 759. The van der Waals surface area contributed by atoms with Gasteiger partial charge in [0.1, 0.15) is 5.75 Å². The Balaban J connectivity index is 2.51. The number of methoxy groups -OCH3 is 1. The second-order valence-electron chi connectivity index (χ2n) is 5.59. The number of nitrogens with one attached hydrogen (secondary N) is 1. The molecule has 2 rings (SSSR count). The van der Waals surface area contributed by atoms with E-state index in [2.05, 4.69) is 5.32 Å². The van der Waals surface area contributed by atoms with E-state index < -0.39 is 12.3 Å². The van der Waals surface area contributed by atoms with Crippen LogP contribution in [-0.4, -0.2) is 32.6 Å². The number of carbonyl (C=O) groups is 2. The van der Waals surface area contributed by atoms with Crippen LogP contribution in [0.15, 0.2) is 47.4 Å². The van der Waals surface area contributed by atoms with E-state index in [4.69, 9.17) is 23.7 Å². The average molecular weight is 392 g/mol. The van der Waals surface area contributed by atoms with E-state index in [1.54, 1.807) is 52.0 Å². The monoisotopic (exact) mass is 392 g/mol. The minimum atomic E-state index is -0.887. The molecule has 1 aromatic rings. The predicted octanol–water partition coefficient (Wildman–Crippen LogP) is 3.83. The maximum absolute atomic E-state index is 12.0. The number of benzene rings is 1. The van der Waals surface area contributed by atoms with Crippen molar-refractivity contribution in [3.05, 3.63) is 47.4 Å². The number of carbonyl (C=O) groups excluding carboxylic acids is 2. The largest absolute Gasteiger partial charge is 0.515 e. The van der Waals surface area contributed by atoms with Crippen molar-refractivity contribution in [2.75, 3.05) is 25.2 Å². The zero-order chi connectivity index (χ0) is 20.7. The fourth-order valence-corrected chi connectivity index (χ4v) is 2.50. The van der Waals surface area contributed by atoms with Gasteiger partial charge >= 0.3 is 12.3 Å². The third kappa shape index (κ3) is 4.87. The first kappa shape index (κ1) is 20.9. The first-order chi connectivity index (χ1) is 13.4. The summed E-state index contributed by atoms with van der Waals surface area (Å²) in [6.07, 6.45) is -1.77. The number of ether oxygens (including phenoxy) is 5. The molecule has 0 fully saturated rings. The molecular formula is C19H24N2O7. The van der Waals surface area contributed by atoms with Crippen molar-refractivity contribution in [3.63, 3.8) is 0 Å². The van der Waals surface area contributed by atoms with Crippen LogP contribution in [0.3, 0.4) is 0 Å². The minimum Gasteiger partial charge on any atom is -0.497 e. The molecule has 9 nitrogen and oxygen atoms in total. The van der Waals surface area contributed by atoms with Crippen molar-refractivity contribution in [1.82, 2.24) is 5.32 Å². The molecule has 1 aliphatic heterocycles. The van der Waals surface area contributed by atoms with Crippen LogP contribution in [0.4, 0.5) is 15.3 Å². The van der Waals surface area contributed by atoms with Gasteiger partial charge in [-0.2, -0.15) is 0 Å². The smallest absolute Gasteiger partial charge is 0.497 e. The van der Waals surface area contributed by atoms with E-state index in [9.17, 15) is 9.59 Å². The molecule has 0 unspecified atom stereocenters. The number of anilines is 1. The molecule has 0 atom stereocenters. The Hall–Kier alpha value is -3.36. The summed E-state index contributed by atoms with van der Waals surface area (Å²) < 4.78 is 25.8. The molecule has 1 heterocycles. The SMILES string of the molecule is CCOC(=O)OC1=C(C)NC(C)=C(OC(=O)OCC)N1c1cccc(OC)c1. The number of nitrogens with zero attached hydrogens (tertiary/aromatic N) is 1. The lowest BCUT2D eigenvalue weighted by Gasteiger charge is -2.33. The third-order valence-corrected chi connectivity index (χ3v) is 3.62. The van der Waals surface area contributed by atoms with Crippen molar-refractivity contribution in [2.24, 2.45) is 0 Å². The maximum atomic E-state index is 12.0. The van der Waals surface area contributed by atoms with Gasteiger partial charge in [0.2, 0.25) is 11.8 Å². The summed E-state index contributed by atoms with van der Waals surface area (Å²) in [5, 5.41) is 3.02. The summed E-state index contributed by atoms with van der Waals surface area (Å²) in [6, 6.07) is 6.97. The molecule has 1 N–H and O–H groups in total. The lowest BCUT2D eigenvalue weighted by atomic mass is 10.2. The first-order valence-corrected chi connectivity index (χ1v) is 8.73. The average Bonchev–Trinajstić information content (AvgIpc) is 2.66. The highest BCUT2D eigenvalue weighted by atomic mass is 16.7. The van der Waals surface area contributed by atoms with Crippen molar-refractivity contribution < 1.29 is 33.3 Å². The quantitative estimate of drug-likeness (QED) is 0.725. The second kappa shape index (κ2) is 9.54. The zero-order valence-electron chi connectivity index (χ0n) is 16.5. The van der Waals surface area contributed by atoms with Crippen LogP contribution in [-0.2, 0) is 18.9 Å². The Labute approximate surface area is 163 Å². The van der Waals surface area contributed by atoms with Crippen LogP contribution in [0.25, 0.3) is 0 Å². The molecule has 0 spiro atoms. The summed E-state index contributed by atoms with van der Waals surface area (Å²) in [4.78, 5) is 25.4. The number of hydrogen-bond acceptors (Lipinski definition) is 9. The van der Waals surface area contributed by atoms with Crippen molar-refractivity contribution in [2.45, 2.75) is 27.7 Å². The molecule has 0 aliphatic carbocycles. The minimum absolute atomic E-state index is 0.0941. The maximum Gasteiger partial charge on any atom is 0.515 e. The van der Waals surface area contributed by atoms with E-state index in [1.807, 2.05) is 0 Å². The number of rotatable bonds is 6. The fraction of sp³-hybridized carbons (Fsp3) is 0.368. The lowest BCUT2D eigenvalue weighted by molar-refractivity contribution is 0.0690. The topological polar surface area (TPSA) is 95.6 Å². The van der Waals surface area contributed by atoms with E-state index in [0.29, 0.717) is 22.8 Å². The molecular weight excluding hydrogens is 368 g/mol. The predicted molar refractivity (Wildman–Crippen MR) is 100 cm³/mol. The molecule has 1 aromatic carbocycles. The summed E-state index contributed by atoms with van der Waals surface area (Å²) in [5.41, 5.74) is 1.58. The van der Waals surface area contributed by atoms with Gasteiger partial charge in [-0.15, -0.1) is 0 Å². The van der Waals surface area contributed by atoms with Crippen LogP contribution in [0.2, 0.25) is 0 Å². The molecule has 0 aromatic heterocycles. The van der Waals surface area contributed by atoms with E-state index in [1.165, 1.54) is 12.0 Å². The van der Waals surface area contributed by atoms with Crippen molar-refractivity contribution >= 4 is 18.0 Å². The van der Waals surface area contributed by atoms with Gasteiger partial charge in [0.25, 0.3) is 0 Å². The van der Waals surface area contributed by atoms with Crippen LogP contribution < -0.4 is 15.0 Å². The highest BCUT2D eigenvalue weighted by Gasteiger charge is 2.32. The Morgan fingerprint density at radius 2 is 1.50 bits per heavy atom. The number of hydrogen-bond donors (Lipinski definition) is 1. The molecule has 28 heavy (non-hydrogen) atoms. The van der Waals surface area contributed by atoms with Gasteiger partial charge in [-0.3, -0.25) is 0 Å². The van der Waals surface area contributed by atoms with Gasteiger partial charge < -0.3 is 29.0 Å². The third-order valence-electron chi connectivity index (χ3n) is 3.62. The molecule has 0 saturated carbocycles. The highest BCUT2D eigenvalue weighted by molar-refractivity contribution is 5.69. The summed E-state index contributed by atoms with van der Waals surface area (Å²) in [6.45, 7) is 7.07. The van der Waals surface area contributed by atoms with Crippen molar-refractivity contribution in [1.29, 1.82) is 0 Å². The van der Waals surface area contributed by atoms with Crippen molar-refractivity contribution in [3.8, 4) is 5.75 Å². The van der Waals surface area contributed by atoms with Crippen LogP contribution >= 0.6 is 0 Å². The summed E-state index contributed by atoms with van der Waals surface area (Å²) in [5.74, 6) is 0.755. The van der Waals surface area contributed by atoms with Gasteiger partial charge in [-0.05, 0) is 39.8 Å².